The molecule has 0 saturated heterocycles. The van der Waals surface area contributed by atoms with Gasteiger partial charge >= 0.3 is 0 Å². The van der Waals surface area contributed by atoms with E-state index in [9.17, 15) is 0 Å². The minimum absolute atomic E-state index is 0.0405. The molecule has 0 bridgehead atoms. The first-order valence-corrected chi connectivity index (χ1v) is 5.87. The maximum Gasteiger partial charge on any atom is 0.0948 e. The zero-order valence-electron chi connectivity index (χ0n) is 9.43. The lowest BCUT2D eigenvalue weighted by Crippen LogP contribution is -2.17. The molecule has 3 nitrogen and oxygen atoms in total. The van der Waals surface area contributed by atoms with Crippen LogP contribution in [0.3, 0.4) is 0 Å². The molecule has 1 aliphatic rings. The van der Waals surface area contributed by atoms with Gasteiger partial charge in [0.25, 0.3) is 0 Å². The van der Waals surface area contributed by atoms with Gasteiger partial charge in [-0.3, -0.25) is 0 Å². The Labute approximate surface area is 96.2 Å². The maximum atomic E-state index is 8.74. The Kier molecular flexibility index (Phi) is 3.93. The van der Waals surface area contributed by atoms with E-state index in [0.29, 0.717) is 13.2 Å². The Balaban J connectivity index is 2.07. The van der Waals surface area contributed by atoms with E-state index in [0.717, 1.165) is 11.5 Å². The zero-order valence-corrected chi connectivity index (χ0v) is 9.43. The molecule has 1 aromatic rings. The molecule has 0 spiro atoms. The lowest BCUT2D eigenvalue weighted by Gasteiger charge is -2.16. The molecular weight excluding hydrogens is 202 g/mol. The summed E-state index contributed by atoms with van der Waals surface area (Å²) in [5.41, 5.74) is 8.20. The first-order chi connectivity index (χ1) is 7.85. The van der Waals surface area contributed by atoms with E-state index in [1.54, 1.807) is 0 Å². The largest absolute Gasteiger partial charge is 0.394 e. The molecule has 1 atom stereocenters. The topological polar surface area (TPSA) is 55.5 Å². The van der Waals surface area contributed by atoms with Crippen LogP contribution >= 0.6 is 0 Å². The molecule has 0 aliphatic heterocycles. The molecule has 1 aliphatic carbocycles. The Hall–Kier alpha value is -0.900. The van der Waals surface area contributed by atoms with Crippen LogP contribution in [0.5, 0.6) is 0 Å². The van der Waals surface area contributed by atoms with E-state index in [1.165, 1.54) is 18.4 Å². The molecule has 1 saturated carbocycles. The highest BCUT2D eigenvalue weighted by molar-refractivity contribution is 5.30. The first-order valence-electron chi connectivity index (χ1n) is 5.87. The Morgan fingerprint density at radius 3 is 2.88 bits per heavy atom. The second-order valence-corrected chi connectivity index (χ2v) is 4.26. The monoisotopic (exact) mass is 221 g/mol. The van der Waals surface area contributed by atoms with Crippen molar-refractivity contribution >= 4 is 0 Å². The van der Waals surface area contributed by atoms with Crippen molar-refractivity contribution in [2.45, 2.75) is 24.9 Å². The Morgan fingerprint density at radius 1 is 1.44 bits per heavy atom. The molecular formula is C13H19NO2. The number of hydrogen-bond donors (Lipinski definition) is 2. The predicted molar refractivity (Wildman–Crippen MR) is 63.3 cm³/mol. The van der Waals surface area contributed by atoms with E-state index in [4.69, 9.17) is 15.6 Å². The summed E-state index contributed by atoms with van der Waals surface area (Å²) in [6.07, 6.45) is 2.51. The third-order valence-electron chi connectivity index (χ3n) is 2.96. The van der Waals surface area contributed by atoms with Crippen molar-refractivity contribution in [3.8, 4) is 0 Å². The van der Waals surface area contributed by atoms with Gasteiger partial charge in [-0.1, -0.05) is 24.3 Å². The van der Waals surface area contributed by atoms with Gasteiger partial charge in [-0.2, -0.15) is 0 Å². The summed E-state index contributed by atoms with van der Waals surface area (Å²) >= 11 is 0. The number of nitrogens with two attached hydrogens (primary N) is 1. The molecule has 0 radical (unpaired) electrons. The molecule has 2 rings (SSSR count). The minimum Gasteiger partial charge on any atom is -0.394 e. The average molecular weight is 221 g/mol. The third kappa shape index (κ3) is 2.82. The molecule has 1 fully saturated rings. The highest BCUT2D eigenvalue weighted by atomic mass is 16.5. The maximum absolute atomic E-state index is 8.74. The van der Waals surface area contributed by atoms with Crippen molar-refractivity contribution < 1.29 is 9.84 Å². The van der Waals surface area contributed by atoms with E-state index in [-0.39, 0.29) is 12.7 Å². The number of benzene rings is 1. The van der Waals surface area contributed by atoms with Gasteiger partial charge in [-0.05, 0) is 29.9 Å². The van der Waals surface area contributed by atoms with Gasteiger partial charge in [0.2, 0.25) is 0 Å². The summed E-state index contributed by atoms with van der Waals surface area (Å²) < 4.78 is 5.51. The number of hydrogen-bond acceptors (Lipinski definition) is 3. The van der Waals surface area contributed by atoms with Crippen LogP contribution in [0.1, 0.15) is 36.0 Å². The van der Waals surface area contributed by atoms with Gasteiger partial charge in [0.1, 0.15) is 0 Å². The van der Waals surface area contributed by atoms with Crippen LogP contribution in [-0.4, -0.2) is 24.9 Å². The van der Waals surface area contributed by atoms with Crippen LogP contribution in [0, 0.1) is 0 Å². The summed E-state index contributed by atoms with van der Waals surface area (Å²) in [5.74, 6) is 0.746. The molecule has 1 unspecified atom stereocenters. The lowest BCUT2D eigenvalue weighted by molar-refractivity contribution is 0.0328. The van der Waals surface area contributed by atoms with Crippen molar-refractivity contribution in [2.75, 3.05) is 19.8 Å². The number of rotatable bonds is 6. The molecule has 88 valence electrons. The second-order valence-electron chi connectivity index (χ2n) is 4.26. The number of aliphatic hydroxyl groups excluding tert-OH is 1. The van der Waals surface area contributed by atoms with E-state index in [2.05, 4.69) is 18.2 Å². The van der Waals surface area contributed by atoms with Gasteiger partial charge in [0.05, 0.1) is 19.3 Å². The average Bonchev–Trinajstić information content (AvgIpc) is 3.14. The molecule has 0 aromatic heterocycles. The molecule has 0 heterocycles. The second kappa shape index (κ2) is 5.43. The molecule has 0 amide bonds. The minimum atomic E-state index is -0.0918. The van der Waals surface area contributed by atoms with Crippen LogP contribution in [0.2, 0.25) is 0 Å². The van der Waals surface area contributed by atoms with Crippen molar-refractivity contribution in [2.24, 2.45) is 5.73 Å². The van der Waals surface area contributed by atoms with E-state index in [1.807, 2.05) is 6.07 Å². The molecule has 3 N–H and O–H groups in total. The third-order valence-corrected chi connectivity index (χ3v) is 2.96. The van der Waals surface area contributed by atoms with Gasteiger partial charge in [0, 0.05) is 6.54 Å². The molecule has 16 heavy (non-hydrogen) atoms. The van der Waals surface area contributed by atoms with Crippen LogP contribution < -0.4 is 5.73 Å². The molecule has 1 aromatic carbocycles. The van der Waals surface area contributed by atoms with Crippen LogP contribution in [0.15, 0.2) is 24.3 Å². The van der Waals surface area contributed by atoms with Gasteiger partial charge < -0.3 is 15.6 Å². The fourth-order valence-electron chi connectivity index (χ4n) is 1.93. The van der Waals surface area contributed by atoms with Gasteiger partial charge in [-0.15, -0.1) is 0 Å². The van der Waals surface area contributed by atoms with Crippen LogP contribution in [0.25, 0.3) is 0 Å². The smallest absolute Gasteiger partial charge is 0.0948 e. The summed E-state index contributed by atoms with van der Waals surface area (Å²) in [6, 6.07) is 8.46. The standard InChI is InChI=1S/C13H19NO2/c14-9-13(16-7-6-15)12-3-1-2-11(8-12)10-4-5-10/h1-3,8,10,13,15H,4-7,9,14H2. The highest BCUT2D eigenvalue weighted by Crippen LogP contribution is 2.40. The van der Waals surface area contributed by atoms with Crippen molar-refractivity contribution in [1.82, 2.24) is 0 Å². The quantitative estimate of drug-likeness (QED) is 0.766. The van der Waals surface area contributed by atoms with Crippen molar-refractivity contribution in [1.29, 1.82) is 0 Å². The summed E-state index contributed by atoms with van der Waals surface area (Å²) in [5, 5.41) is 8.74. The predicted octanol–water partition coefficient (Wildman–Crippen LogP) is 1.57. The van der Waals surface area contributed by atoms with Crippen LogP contribution in [0.4, 0.5) is 0 Å². The molecule has 3 heteroatoms. The zero-order chi connectivity index (χ0) is 11.4. The normalized spacial score (nSPS) is 17.4. The SMILES string of the molecule is NCC(OCCO)c1cccc(C2CC2)c1. The lowest BCUT2D eigenvalue weighted by atomic mass is 10.0. The number of ether oxygens (including phenoxy) is 1. The Morgan fingerprint density at radius 2 is 2.25 bits per heavy atom. The summed E-state index contributed by atoms with van der Waals surface area (Å²) in [4.78, 5) is 0. The Bertz CT molecular complexity index is 336. The summed E-state index contributed by atoms with van der Waals surface area (Å²) in [6.45, 7) is 0.836. The van der Waals surface area contributed by atoms with Gasteiger partial charge in [0.15, 0.2) is 0 Å². The van der Waals surface area contributed by atoms with Gasteiger partial charge in [-0.25, -0.2) is 0 Å². The summed E-state index contributed by atoms with van der Waals surface area (Å²) in [7, 11) is 0. The fourth-order valence-corrected chi connectivity index (χ4v) is 1.93. The van der Waals surface area contributed by atoms with E-state index >= 15 is 0 Å². The first kappa shape index (κ1) is 11.6. The van der Waals surface area contributed by atoms with E-state index < -0.39 is 0 Å². The van der Waals surface area contributed by atoms with Crippen LogP contribution in [-0.2, 0) is 4.74 Å². The van der Waals surface area contributed by atoms with Crippen molar-refractivity contribution in [3.05, 3.63) is 35.4 Å². The highest BCUT2D eigenvalue weighted by Gasteiger charge is 2.24. The number of aliphatic hydroxyl groups is 1. The van der Waals surface area contributed by atoms with Crippen molar-refractivity contribution in [3.63, 3.8) is 0 Å². The fraction of sp³-hybridized carbons (Fsp3) is 0.538.